The molecule has 1 N–H and O–H groups in total. The number of nitrogens with zero attached hydrogens (tertiary/aromatic N) is 2. The molecule has 2 unspecified atom stereocenters. The summed E-state index contributed by atoms with van der Waals surface area (Å²) in [6.07, 6.45) is -0.213. The molecule has 1 aliphatic heterocycles. The van der Waals surface area contributed by atoms with Crippen LogP contribution in [0.3, 0.4) is 0 Å². The van der Waals surface area contributed by atoms with Crippen LogP contribution in [0.25, 0.3) is 0 Å². The van der Waals surface area contributed by atoms with E-state index in [-0.39, 0.29) is 30.8 Å². The van der Waals surface area contributed by atoms with Crippen molar-refractivity contribution < 1.29 is 24.2 Å². The van der Waals surface area contributed by atoms with Gasteiger partial charge in [-0.2, -0.15) is 0 Å². The third kappa shape index (κ3) is 7.10. The minimum atomic E-state index is -0.579. The fourth-order valence-corrected chi connectivity index (χ4v) is 2.73. The van der Waals surface area contributed by atoms with Crippen molar-refractivity contribution in [2.45, 2.75) is 72.1 Å². The largest absolute Gasteiger partial charge is 0.444 e. The Hall–Kier alpha value is -1.50. The molecule has 1 saturated heterocycles. The second-order valence-electron chi connectivity index (χ2n) is 8.66. The molecule has 0 aromatic rings. The summed E-state index contributed by atoms with van der Waals surface area (Å²) in [7, 11) is 0. The Morgan fingerprint density at radius 1 is 1.04 bits per heavy atom. The van der Waals surface area contributed by atoms with Crippen molar-refractivity contribution in [2.75, 3.05) is 26.2 Å². The van der Waals surface area contributed by atoms with Gasteiger partial charge in [0.1, 0.15) is 11.2 Å². The Morgan fingerprint density at radius 3 is 2.04 bits per heavy atom. The van der Waals surface area contributed by atoms with Crippen LogP contribution >= 0.6 is 0 Å². The first-order valence-electron chi connectivity index (χ1n) is 8.92. The highest BCUT2D eigenvalue weighted by Crippen LogP contribution is 2.24. The van der Waals surface area contributed by atoms with Crippen LogP contribution in [-0.2, 0) is 9.47 Å². The number of hydrogen-bond acceptors (Lipinski definition) is 5. The highest BCUT2D eigenvalue weighted by atomic mass is 16.6. The monoisotopic (exact) mass is 358 g/mol. The first-order chi connectivity index (χ1) is 11.3. The van der Waals surface area contributed by atoms with Gasteiger partial charge in [0.25, 0.3) is 0 Å². The summed E-state index contributed by atoms with van der Waals surface area (Å²) >= 11 is 0. The lowest BCUT2D eigenvalue weighted by Gasteiger charge is -2.44. The number of aliphatic hydroxyl groups is 1. The maximum atomic E-state index is 12.5. The zero-order valence-corrected chi connectivity index (χ0v) is 16.7. The van der Waals surface area contributed by atoms with Crippen LogP contribution in [0, 0.1) is 5.92 Å². The zero-order valence-electron chi connectivity index (χ0n) is 16.7. The van der Waals surface area contributed by atoms with Gasteiger partial charge < -0.3 is 24.4 Å². The van der Waals surface area contributed by atoms with Crippen molar-refractivity contribution in [2.24, 2.45) is 5.92 Å². The summed E-state index contributed by atoms with van der Waals surface area (Å²) in [5.41, 5.74) is -1.14. The molecular weight excluding hydrogens is 324 g/mol. The van der Waals surface area contributed by atoms with Crippen molar-refractivity contribution in [3.63, 3.8) is 0 Å². The molecule has 1 rings (SSSR count). The molecule has 0 bridgehead atoms. The van der Waals surface area contributed by atoms with E-state index in [1.165, 1.54) is 0 Å². The van der Waals surface area contributed by atoms with E-state index in [0.717, 1.165) is 0 Å². The molecule has 1 heterocycles. The van der Waals surface area contributed by atoms with Gasteiger partial charge in [0, 0.05) is 26.2 Å². The SMILES string of the molecule is CC(CCO)C1CN(C(=O)OC(C)(C)C)CCN1C(=O)OC(C)(C)C. The molecule has 0 aromatic heterocycles. The number of carbonyl (C=O) groups is 2. The van der Waals surface area contributed by atoms with Gasteiger partial charge in [-0.05, 0) is 53.9 Å². The number of aliphatic hydroxyl groups excluding tert-OH is 1. The predicted octanol–water partition coefficient (Wildman–Crippen LogP) is 2.86. The van der Waals surface area contributed by atoms with Crippen molar-refractivity contribution in [1.29, 1.82) is 0 Å². The highest BCUT2D eigenvalue weighted by Gasteiger charge is 2.38. The quantitative estimate of drug-likeness (QED) is 0.839. The Balaban J connectivity index is 2.88. The maximum Gasteiger partial charge on any atom is 0.410 e. The van der Waals surface area contributed by atoms with Crippen LogP contribution in [0.1, 0.15) is 54.9 Å². The van der Waals surface area contributed by atoms with Gasteiger partial charge in [0.15, 0.2) is 0 Å². The van der Waals surface area contributed by atoms with Crippen LogP contribution in [0.2, 0.25) is 0 Å². The Labute approximate surface area is 151 Å². The number of amides is 2. The van der Waals surface area contributed by atoms with Gasteiger partial charge in [-0.25, -0.2) is 9.59 Å². The number of piperazine rings is 1. The average molecular weight is 358 g/mol. The van der Waals surface area contributed by atoms with Crippen molar-refractivity contribution in [3.8, 4) is 0 Å². The molecule has 1 fully saturated rings. The minimum absolute atomic E-state index is 0.0303. The maximum absolute atomic E-state index is 12.5. The summed E-state index contributed by atoms with van der Waals surface area (Å²) in [6, 6.07) is -0.219. The molecule has 0 aliphatic carbocycles. The van der Waals surface area contributed by atoms with Crippen LogP contribution in [0.15, 0.2) is 0 Å². The van der Waals surface area contributed by atoms with E-state index in [0.29, 0.717) is 26.1 Å². The number of hydrogen-bond donors (Lipinski definition) is 1. The van der Waals surface area contributed by atoms with E-state index < -0.39 is 11.2 Å². The Kier molecular flexibility index (Phi) is 7.11. The molecule has 2 atom stereocenters. The summed E-state index contributed by atoms with van der Waals surface area (Å²) in [6.45, 7) is 14.1. The summed E-state index contributed by atoms with van der Waals surface area (Å²) in [4.78, 5) is 28.2. The first-order valence-corrected chi connectivity index (χ1v) is 8.92. The lowest BCUT2D eigenvalue weighted by atomic mass is 9.95. The fourth-order valence-electron chi connectivity index (χ4n) is 2.73. The van der Waals surface area contributed by atoms with Gasteiger partial charge in [-0.15, -0.1) is 0 Å². The smallest absolute Gasteiger partial charge is 0.410 e. The van der Waals surface area contributed by atoms with E-state index in [4.69, 9.17) is 9.47 Å². The number of rotatable bonds is 3. The summed E-state index contributed by atoms with van der Waals surface area (Å²) < 4.78 is 10.9. The van der Waals surface area contributed by atoms with Crippen molar-refractivity contribution >= 4 is 12.2 Å². The lowest BCUT2D eigenvalue weighted by Crippen LogP contribution is -2.59. The molecule has 7 heteroatoms. The van der Waals surface area contributed by atoms with Crippen LogP contribution in [-0.4, -0.2) is 70.6 Å². The third-order valence-corrected chi connectivity index (χ3v) is 3.94. The Bertz CT molecular complexity index is 467. The van der Waals surface area contributed by atoms with Gasteiger partial charge in [0.05, 0.1) is 6.04 Å². The fraction of sp³-hybridized carbons (Fsp3) is 0.889. The van der Waals surface area contributed by atoms with E-state index in [1.807, 2.05) is 48.5 Å². The molecule has 0 spiro atoms. The molecule has 0 saturated carbocycles. The van der Waals surface area contributed by atoms with Gasteiger partial charge >= 0.3 is 12.2 Å². The van der Waals surface area contributed by atoms with Crippen molar-refractivity contribution in [3.05, 3.63) is 0 Å². The summed E-state index contributed by atoms with van der Waals surface area (Å²) in [5, 5.41) is 9.27. The van der Waals surface area contributed by atoms with E-state index in [9.17, 15) is 14.7 Å². The average Bonchev–Trinajstić information content (AvgIpc) is 2.43. The predicted molar refractivity (Wildman–Crippen MR) is 95.4 cm³/mol. The summed E-state index contributed by atoms with van der Waals surface area (Å²) in [5.74, 6) is 0.0303. The molecule has 1 aliphatic rings. The lowest BCUT2D eigenvalue weighted by molar-refractivity contribution is -0.0241. The zero-order chi connectivity index (χ0) is 19.4. The molecule has 2 amide bonds. The topological polar surface area (TPSA) is 79.3 Å². The molecule has 0 aromatic carbocycles. The molecule has 0 radical (unpaired) electrons. The highest BCUT2D eigenvalue weighted by molar-refractivity contribution is 5.71. The standard InChI is InChI=1S/C18H34N2O5/c1-13(8-11-21)14-12-19(15(22)24-17(2,3)4)9-10-20(14)16(23)25-18(5,6)7/h13-14,21H,8-12H2,1-7H3. The molecule has 25 heavy (non-hydrogen) atoms. The second kappa shape index (κ2) is 8.25. The molecular formula is C18H34N2O5. The number of ether oxygens (including phenoxy) is 2. The van der Waals surface area contributed by atoms with Gasteiger partial charge in [0.2, 0.25) is 0 Å². The van der Waals surface area contributed by atoms with Crippen LogP contribution in [0.4, 0.5) is 9.59 Å². The van der Waals surface area contributed by atoms with Crippen molar-refractivity contribution in [1.82, 2.24) is 9.80 Å². The second-order valence-corrected chi connectivity index (χ2v) is 8.66. The van der Waals surface area contributed by atoms with Gasteiger partial charge in [-0.1, -0.05) is 6.92 Å². The molecule has 146 valence electrons. The minimum Gasteiger partial charge on any atom is -0.444 e. The van der Waals surface area contributed by atoms with Crippen LogP contribution in [0.5, 0.6) is 0 Å². The van der Waals surface area contributed by atoms with Crippen LogP contribution < -0.4 is 0 Å². The Morgan fingerprint density at radius 2 is 1.56 bits per heavy atom. The first kappa shape index (κ1) is 21.5. The van der Waals surface area contributed by atoms with Gasteiger partial charge in [-0.3, -0.25) is 0 Å². The van der Waals surface area contributed by atoms with E-state index in [1.54, 1.807) is 9.80 Å². The number of carbonyl (C=O) groups excluding carboxylic acids is 2. The van der Waals surface area contributed by atoms with E-state index >= 15 is 0 Å². The normalized spacial score (nSPS) is 20.2. The van der Waals surface area contributed by atoms with E-state index in [2.05, 4.69) is 0 Å². The third-order valence-electron chi connectivity index (χ3n) is 3.94. The molecule has 7 nitrogen and oxygen atoms in total.